The number of rotatable bonds is 14. The fourth-order valence-electron chi connectivity index (χ4n) is 2.47. The van der Waals surface area contributed by atoms with E-state index >= 15 is 0 Å². The van der Waals surface area contributed by atoms with Crippen molar-refractivity contribution in [1.29, 1.82) is 0 Å². The van der Waals surface area contributed by atoms with Gasteiger partial charge >= 0.3 is 5.97 Å². The summed E-state index contributed by atoms with van der Waals surface area (Å²) in [4.78, 5) is 11.1. The molecule has 0 radical (unpaired) electrons. The zero-order chi connectivity index (χ0) is 16.5. The minimum absolute atomic E-state index is 0.0650. The molecule has 0 aliphatic carbocycles. The van der Waals surface area contributed by atoms with Crippen LogP contribution in [0.2, 0.25) is 0 Å². The van der Waals surface area contributed by atoms with Crippen LogP contribution in [0.4, 0.5) is 0 Å². The van der Waals surface area contributed by atoms with Gasteiger partial charge in [-0.25, -0.2) is 0 Å². The van der Waals surface area contributed by atoms with E-state index in [0.29, 0.717) is 0 Å². The molecule has 0 bridgehead atoms. The smallest absolute Gasteiger partial charge is 0.302 e. The predicted molar refractivity (Wildman–Crippen MR) is 96.0 cm³/mol. The second-order valence-electron chi connectivity index (χ2n) is 5.99. The fraction of sp³-hybridized carbons (Fsp3) is 0.750. The molecule has 0 heterocycles. The molecule has 0 N–H and O–H groups in total. The normalized spacial score (nSPS) is 13.0. The highest BCUT2D eigenvalue weighted by Gasteiger charge is 2.09. The molecule has 0 amide bonds. The quantitative estimate of drug-likeness (QED) is 0.212. The molecule has 0 saturated carbocycles. The Morgan fingerprint density at radius 1 is 0.955 bits per heavy atom. The molecule has 0 saturated heterocycles. The van der Waals surface area contributed by atoms with Gasteiger partial charge < -0.3 is 4.74 Å². The Hall–Kier alpha value is -1.05. The molecule has 2 heteroatoms. The summed E-state index contributed by atoms with van der Waals surface area (Å²) in [6.45, 7) is 5.73. The van der Waals surface area contributed by atoms with Crippen LogP contribution < -0.4 is 0 Å². The van der Waals surface area contributed by atoms with Gasteiger partial charge in [0.1, 0.15) is 6.10 Å². The topological polar surface area (TPSA) is 26.3 Å². The lowest BCUT2D eigenvalue weighted by Gasteiger charge is -2.15. The lowest BCUT2D eigenvalue weighted by molar-refractivity contribution is -0.146. The molecular weight excluding hydrogens is 272 g/mol. The van der Waals surface area contributed by atoms with Gasteiger partial charge in [-0.15, -0.1) is 0 Å². The monoisotopic (exact) mass is 308 g/mol. The average molecular weight is 309 g/mol. The molecular formula is C20H36O2. The summed E-state index contributed by atoms with van der Waals surface area (Å²) in [6.07, 6.45) is 22.0. The summed E-state index contributed by atoms with van der Waals surface area (Å²) < 4.78 is 5.34. The van der Waals surface area contributed by atoms with Crippen molar-refractivity contribution in [2.45, 2.75) is 97.5 Å². The summed E-state index contributed by atoms with van der Waals surface area (Å²) in [6, 6.07) is 0. The lowest BCUT2D eigenvalue weighted by atomic mass is 10.0. The van der Waals surface area contributed by atoms with Crippen LogP contribution in [-0.2, 0) is 9.53 Å². The number of allylic oxidation sites excluding steroid dienone is 3. The minimum Gasteiger partial charge on any atom is -0.462 e. The van der Waals surface area contributed by atoms with Gasteiger partial charge in [-0.1, -0.05) is 63.3 Å². The third-order valence-electron chi connectivity index (χ3n) is 3.76. The Morgan fingerprint density at radius 3 is 2.23 bits per heavy atom. The van der Waals surface area contributed by atoms with Crippen LogP contribution >= 0.6 is 0 Å². The lowest BCUT2D eigenvalue weighted by Crippen LogP contribution is -2.15. The van der Waals surface area contributed by atoms with Crippen molar-refractivity contribution < 1.29 is 9.53 Å². The largest absolute Gasteiger partial charge is 0.462 e. The molecule has 1 unspecified atom stereocenters. The summed E-state index contributed by atoms with van der Waals surface area (Å²) >= 11 is 0. The highest BCUT2D eigenvalue weighted by Crippen LogP contribution is 2.13. The minimum atomic E-state index is -0.163. The zero-order valence-electron chi connectivity index (χ0n) is 15.0. The second kappa shape index (κ2) is 16.3. The van der Waals surface area contributed by atoms with Crippen molar-refractivity contribution in [3.05, 3.63) is 24.3 Å². The molecule has 0 fully saturated rings. The fourth-order valence-corrected chi connectivity index (χ4v) is 2.47. The van der Waals surface area contributed by atoms with Gasteiger partial charge in [0.2, 0.25) is 0 Å². The van der Waals surface area contributed by atoms with E-state index in [1.54, 1.807) is 0 Å². The number of hydrogen-bond acceptors (Lipinski definition) is 2. The molecule has 0 aromatic rings. The zero-order valence-corrected chi connectivity index (χ0v) is 15.0. The Kier molecular flexibility index (Phi) is 15.5. The maximum Gasteiger partial charge on any atom is 0.302 e. The Labute approximate surface area is 138 Å². The highest BCUT2D eigenvalue weighted by molar-refractivity contribution is 5.66. The number of hydrogen-bond donors (Lipinski definition) is 0. The molecule has 2 nitrogen and oxygen atoms in total. The number of carbonyl (C=O) groups is 1. The number of unbranched alkanes of at least 4 members (excludes halogenated alkanes) is 7. The van der Waals surface area contributed by atoms with Crippen LogP contribution in [-0.4, -0.2) is 12.1 Å². The molecule has 1 atom stereocenters. The first-order valence-electron chi connectivity index (χ1n) is 9.14. The SMILES string of the molecule is C/C=C\CC(CCCCCCCC=CCCCC)OC(C)=O. The van der Waals surface area contributed by atoms with E-state index in [4.69, 9.17) is 4.74 Å². The number of esters is 1. The Morgan fingerprint density at radius 2 is 1.59 bits per heavy atom. The average Bonchev–Trinajstić information content (AvgIpc) is 2.49. The van der Waals surface area contributed by atoms with E-state index in [-0.39, 0.29) is 12.1 Å². The van der Waals surface area contributed by atoms with Crippen molar-refractivity contribution in [3.8, 4) is 0 Å². The van der Waals surface area contributed by atoms with Crippen LogP contribution in [0.5, 0.6) is 0 Å². The molecule has 0 aromatic heterocycles. The summed E-state index contributed by atoms with van der Waals surface area (Å²) in [7, 11) is 0. The third-order valence-corrected chi connectivity index (χ3v) is 3.76. The number of ether oxygens (including phenoxy) is 1. The first-order chi connectivity index (χ1) is 10.7. The summed E-state index contributed by atoms with van der Waals surface area (Å²) in [5.74, 6) is -0.163. The van der Waals surface area contributed by atoms with Gasteiger partial charge in [-0.05, 0) is 39.0 Å². The van der Waals surface area contributed by atoms with Crippen molar-refractivity contribution in [1.82, 2.24) is 0 Å². The van der Waals surface area contributed by atoms with Crippen LogP contribution in [0.15, 0.2) is 24.3 Å². The molecule has 22 heavy (non-hydrogen) atoms. The van der Waals surface area contributed by atoms with Gasteiger partial charge in [0.25, 0.3) is 0 Å². The van der Waals surface area contributed by atoms with Gasteiger partial charge in [-0.2, -0.15) is 0 Å². The van der Waals surface area contributed by atoms with E-state index in [0.717, 1.165) is 19.3 Å². The summed E-state index contributed by atoms with van der Waals surface area (Å²) in [5, 5.41) is 0. The summed E-state index contributed by atoms with van der Waals surface area (Å²) in [5.41, 5.74) is 0. The highest BCUT2D eigenvalue weighted by atomic mass is 16.5. The molecule has 0 aliphatic rings. The van der Waals surface area contributed by atoms with Crippen molar-refractivity contribution in [3.63, 3.8) is 0 Å². The second-order valence-corrected chi connectivity index (χ2v) is 5.99. The van der Waals surface area contributed by atoms with E-state index in [2.05, 4.69) is 25.2 Å². The first-order valence-corrected chi connectivity index (χ1v) is 9.14. The Balaban J connectivity index is 3.52. The van der Waals surface area contributed by atoms with Gasteiger partial charge in [0.15, 0.2) is 0 Å². The maximum absolute atomic E-state index is 11.1. The van der Waals surface area contributed by atoms with Gasteiger partial charge in [0.05, 0.1) is 0 Å². The molecule has 0 rings (SSSR count). The molecule has 128 valence electrons. The standard InChI is InChI=1S/C20H36O2/c1-4-6-8-9-10-11-12-13-14-15-16-18-20(17-7-5-2)22-19(3)21/h5,7,9-10,20H,4,6,8,11-18H2,1-3H3/b7-5-,10-9?. The number of carbonyl (C=O) groups excluding carboxylic acids is 1. The molecule has 0 spiro atoms. The maximum atomic E-state index is 11.1. The van der Waals surface area contributed by atoms with E-state index < -0.39 is 0 Å². The Bertz CT molecular complexity index is 305. The van der Waals surface area contributed by atoms with E-state index in [1.165, 1.54) is 58.3 Å². The first kappa shape index (κ1) is 20.9. The van der Waals surface area contributed by atoms with Crippen molar-refractivity contribution >= 4 is 5.97 Å². The molecule has 0 aliphatic heterocycles. The van der Waals surface area contributed by atoms with Gasteiger partial charge in [0, 0.05) is 13.3 Å². The van der Waals surface area contributed by atoms with Crippen LogP contribution in [0.3, 0.4) is 0 Å². The van der Waals surface area contributed by atoms with Crippen LogP contribution in [0.1, 0.15) is 91.4 Å². The van der Waals surface area contributed by atoms with Crippen LogP contribution in [0.25, 0.3) is 0 Å². The van der Waals surface area contributed by atoms with E-state index in [1.807, 2.05) is 13.0 Å². The van der Waals surface area contributed by atoms with Crippen molar-refractivity contribution in [2.24, 2.45) is 0 Å². The third kappa shape index (κ3) is 15.3. The van der Waals surface area contributed by atoms with Crippen LogP contribution in [0, 0.1) is 0 Å². The van der Waals surface area contributed by atoms with Crippen molar-refractivity contribution in [2.75, 3.05) is 0 Å². The predicted octanol–water partition coefficient (Wildman–Crippen LogP) is 6.36. The van der Waals surface area contributed by atoms with Gasteiger partial charge in [-0.3, -0.25) is 4.79 Å². The van der Waals surface area contributed by atoms with E-state index in [9.17, 15) is 4.79 Å². The molecule has 0 aromatic carbocycles.